The second kappa shape index (κ2) is 17.0. The summed E-state index contributed by atoms with van der Waals surface area (Å²) >= 11 is 0. The van der Waals surface area contributed by atoms with Crippen molar-refractivity contribution in [3.05, 3.63) is 102 Å². The highest BCUT2D eigenvalue weighted by molar-refractivity contribution is 6.09. The molecule has 0 aliphatic heterocycles. The molecule has 0 bridgehead atoms. The zero-order valence-electron chi connectivity index (χ0n) is 27.4. The lowest BCUT2D eigenvalue weighted by Crippen LogP contribution is -2.40. The Morgan fingerprint density at radius 2 is 1.20 bits per heavy atom. The van der Waals surface area contributed by atoms with Crippen molar-refractivity contribution in [3.8, 4) is 11.3 Å². The Kier molecular flexibility index (Phi) is 12.9. The van der Waals surface area contributed by atoms with Gasteiger partial charge in [0.15, 0.2) is 0 Å². The summed E-state index contributed by atoms with van der Waals surface area (Å²) in [5.74, 6) is -0.0427. The first kappa shape index (κ1) is 33.3. The number of hydrogen-bond acceptors (Lipinski definition) is 5. The lowest BCUT2D eigenvalue weighted by atomic mass is 9.94. The van der Waals surface area contributed by atoms with E-state index in [0.29, 0.717) is 6.54 Å². The minimum atomic E-state index is -0.0786. The molecule has 0 radical (unpaired) electrons. The summed E-state index contributed by atoms with van der Waals surface area (Å²) in [6.45, 7) is 19.6. The monoisotopic (exact) mass is 593 g/mol. The molecule has 6 nitrogen and oxygen atoms in total. The molecule has 234 valence electrons. The number of amides is 1. The van der Waals surface area contributed by atoms with E-state index in [9.17, 15) is 4.79 Å². The Morgan fingerprint density at radius 3 is 1.77 bits per heavy atom. The van der Waals surface area contributed by atoms with E-state index >= 15 is 0 Å². The molecule has 6 heteroatoms. The van der Waals surface area contributed by atoms with Gasteiger partial charge in [0.05, 0.1) is 22.8 Å². The van der Waals surface area contributed by atoms with Gasteiger partial charge < -0.3 is 15.1 Å². The van der Waals surface area contributed by atoms with E-state index in [0.717, 1.165) is 97.6 Å². The van der Waals surface area contributed by atoms with Crippen LogP contribution in [0, 0.1) is 0 Å². The number of fused-ring (bicyclic) bond motifs is 1. The Bertz CT molecular complexity index is 1420. The highest BCUT2D eigenvalue weighted by atomic mass is 16.1. The van der Waals surface area contributed by atoms with E-state index in [-0.39, 0.29) is 11.9 Å². The van der Waals surface area contributed by atoms with E-state index in [1.165, 1.54) is 0 Å². The molecule has 1 atom stereocenters. The number of nitrogens with one attached hydrogen (secondary N) is 1. The van der Waals surface area contributed by atoms with E-state index in [1.54, 1.807) is 0 Å². The van der Waals surface area contributed by atoms with Crippen molar-refractivity contribution < 1.29 is 4.79 Å². The van der Waals surface area contributed by atoms with Crippen LogP contribution in [0.5, 0.6) is 0 Å². The van der Waals surface area contributed by atoms with Crippen LogP contribution in [0.4, 0.5) is 0 Å². The molecule has 0 spiro atoms. The lowest BCUT2D eigenvalue weighted by molar-refractivity contribution is 0.0934. The second-order valence-electron chi connectivity index (χ2n) is 11.4. The first-order chi connectivity index (χ1) is 21.5. The zero-order valence-corrected chi connectivity index (χ0v) is 27.4. The Hall–Kier alpha value is -3.58. The predicted octanol–water partition coefficient (Wildman–Crippen LogP) is 7.27. The predicted molar refractivity (Wildman–Crippen MR) is 185 cm³/mol. The van der Waals surface area contributed by atoms with Gasteiger partial charge in [-0.25, -0.2) is 4.98 Å². The van der Waals surface area contributed by atoms with Crippen LogP contribution in [0.2, 0.25) is 0 Å². The summed E-state index contributed by atoms with van der Waals surface area (Å²) in [5.41, 5.74) is 5.61. The molecule has 44 heavy (non-hydrogen) atoms. The molecule has 0 unspecified atom stereocenters. The van der Waals surface area contributed by atoms with Crippen LogP contribution in [0.1, 0.15) is 68.6 Å². The van der Waals surface area contributed by atoms with Gasteiger partial charge in [-0.3, -0.25) is 9.69 Å². The van der Waals surface area contributed by atoms with Gasteiger partial charge in [0.2, 0.25) is 0 Å². The smallest absolute Gasteiger partial charge is 0.252 e. The molecule has 1 amide bonds. The van der Waals surface area contributed by atoms with E-state index < -0.39 is 0 Å². The van der Waals surface area contributed by atoms with Crippen molar-refractivity contribution >= 4 is 16.8 Å². The number of carbonyl (C=O) groups excluding carboxylic acids is 1. The standard InChI is InChI=1S/C38H51N5O/c1-6-34(30-19-13-11-14-20-30)40-38(44)36-32-23-17-18-24-35(32)39-37(31-21-15-12-16-22-31)33(36)29-43(27-25-41(7-2)8-3)28-26-42(9-4)10-5/h11-24,34H,6-10,25-29H2,1-5H3,(H,40,44)/t34-/m0/s1. The van der Waals surface area contributed by atoms with Crippen molar-refractivity contribution in [1.82, 2.24) is 25.0 Å². The summed E-state index contributed by atoms with van der Waals surface area (Å²) in [5, 5.41) is 4.32. The Morgan fingerprint density at radius 1 is 0.682 bits per heavy atom. The molecule has 0 aliphatic carbocycles. The minimum absolute atomic E-state index is 0.0427. The molecule has 1 N–H and O–H groups in total. The third-order valence-electron chi connectivity index (χ3n) is 8.82. The maximum atomic E-state index is 14.5. The van der Waals surface area contributed by atoms with E-state index in [1.807, 2.05) is 42.5 Å². The Balaban J connectivity index is 1.84. The summed E-state index contributed by atoms with van der Waals surface area (Å²) < 4.78 is 0. The molecule has 1 heterocycles. The highest BCUT2D eigenvalue weighted by Gasteiger charge is 2.25. The molecule has 3 aromatic carbocycles. The molecular weight excluding hydrogens is 542 g/mol. The van der Waals surface area contributed by atoms with Crippen LogP contribution in [-0.4, -0.2) is 77.9 Å². The molecule has 0 saturated carbocycles. The number of rotatable bonds is 17. The topological polar surface area (TPSA) is 51.7 Å². The third kappa shape index (κ3) is 8.53. The molecule has 0 saturated heterocycles. The SMILES string of the molecule is CC[C@H](NC(=O)c1c(CN(CCN(CC)CC)CCN(CC)CC)c(-c2ccccc2)nc2ccccc12)c1ccccc1. The number of hydrogen-bond donors (Lipinski definition) is 1. The molecular formula is C38H51N5O. The van der Waals surface area contributed by atoms with Crippen LogP contribution in [0.15, 0.2) is 84.9 Å². The fraction of sp³-hybridized carbons (Fsp3) is 0.421. The maximum Gasteiger partial charge on any atom is 0.252 e. The fourth-order valence-corrected chi connectivity index (χ4v) is 5.98. The highest BCUT2D eigenvalue weighted by Crippen LogP contribution is 2.32. The maximum absolute atomic E-state index is 14.5. The molecule has 4 rings (SSSR count). The summed E-state index contributed by atoms with van der Waals surface area (Å²) in [6, 6.07) is 28.6. The molecule has 1 aromatic heterocycles. The van der Waals surface area contributed by atoms with Crippen LogP contribution >= 0.6 is 0 Å². The number of pyridine rings is 1. The average molecular weight is 594 g/mol. The first-order valence-electron chi connectivity index (χ1n) is 16.5. The third-order valence-corrected chi connectivity index (χ3v) is 8.82. The van der Waals surface area contributed by atoms with Gasteiger partial charge in [-0.15, -0.1) is 0 Å². The Labute approximate surface area is 265 Å². The molecule has 0 aliphatic rings. The van der Waals surface area contributed by atoms with E-state index in [4.69, 9.17) is 4.98 Å². The van der Waals surface area contributed by atoms with Crippen molar-refractivity contribution in [2.75, 3.05) is 52.4 Å². The first-order valence-corrected chi connectivity index (χ1v) is 16.5. The summed E-state index contributed by atoms with van der Waals surface area (Å²) in [4.78, 5) is 27.2. The number of para-hydroxylation sites is 1. The van der Waals surface area contributed by atoms with Crippen LogP contribution in [-0.2, 0) is 6.54 Å². The normalized spacial score (nSPS) is 12.4. The molecule has 0 fully saturated rings. The molecule has 4 aromatic rings. The largest absolute Gasteiger partial charge is 0.345 e. The van der Waals surface area contributed by atoms with Crippen LogP contribution in [0.3, 0.4) is 0 Å². The van der Waals surface area contributed by atoms with Crippen LogP contribution < -0.4 is 5.32 Å². The van der Waals surface area contributed by atoms with Gasteiger partial charge in [-0.1, -0.05) is 113 Å². The van der Waals surface area contributed by atoms with Crippen molar-refractivity contribution in [3.63, 3.8) is 0 Å². The second-order valence-corrected chi connectivity index (χ2v) is 11.4. The van der Waals surface area contributed by atoms with Gasteiger partial charge in [0, 0.05) is 49.2 Å². The number of benzene rings is 3. The minimum Gasteiger partial charge on any atom is -0.345 e. The summed E-state index contributed by atoms with van der Waals surface area (Å²) in [6.07, 6.45) is 0.805. The number of likely N-dealkylation sites (N-methyl/N-ethyl adjacent to an activating group) is 2. The summed E-state index contributed by atoms with van der Waals surface area (Å²) in [7, 11) is 0. The zero-order chi connectivity index (χ0) is 31.3. The quantitative estimate of drug-likeness (QED) is 0.140. The van der Waals surface area contributed by atoms with Gasteiger partial charge in [0.25, 0.3) is 5.91 Å². The van der Waals surface area contributed by atoms with Gasteiger partial charge >= 0.3 is 0 Å². The fourth-order valence-electron chi connectivity index (χ4n) is 5.98. The van der Waals surface area contributed by atoms with Crippen molar-refractivity contribution in [2.24, 2.45) is 0 Å². The lowest BCUT2D eigenvalue weighted by Gasteiger charge is -2.30. The van der Waals surface area contributed by atoms with Crippen LogP contribution in [0.25, 0.3) is 22.2 Å². The van der Waals surface area contributed by atoms with Crippen molar-refractivity contribution in [1.29, 1.82) is 0 Å². The van der Waals surface area contributed by atoms with Gasteiger partial charge in [-0.05, 0) is 44.2 Å². The van der Waals surface area contributed by atoms with Gasteiger partial charge in [0.1, 0.15) is 0 Å². The van der Waals surface area contributed by atoms with E-state index in [2.05, 4.69) is 97.1 Å². The van der Waals surface area contributed by atoms with Gasteiger partial charge in [-0.2, -0.15) is 0 Å². The number of nitrogens with zero attached hydrogens (tertiary/aromatic N) is 4. The van der Waals surface area contributed by atoms with Crippen molar-refractivity contribution in [2.45, 2.75) is 53.6 Å². The number of carbonyl (C=O) groups is 1. The average Bonchev–Trinajstić information content (AvgIpc) is 3.08. The number of aromatic nitrogens is 1.